The molecule has 1 amide bonds. The zero-order valence-electron chi connectivity index (χ0n) is 12.3. The van der Waals surface area contributed by atoms with E-state index < -0.39 is 10.0 Å². The van der Waals surface area contributed by atoms with Crippen molar-refractivity contribution in [2.24, 2.45) is 5.92 Å². The fraction of sp³-hybridized carbons (Fsp3) is 0.500. The molecule has 0 radical (unpaired) electrons. The van der Waals surface area contributed by atoms with Crippen LogP contribution in [0.25, 0.3) is 0 Å². The first-order valence-corrected chi connectivity index (χ1v) is 9.21. The van der Waals surface area contributed by atoms with Crippen molar-refractivity contribution in [3.8, 4) is 0 Å². The highest BCUT2D eigenvalue weighted by molar-refractivity contribution is 9.10. The molecule has 8 heteroatoms. The topological polar surface area (TPSA) is 75.7 Å². The van der Waals surface area contributed by atoms with E-state index in [0.717, 1.165) is 0 Å². The summed E-state index contributed by atoms with van der Waals surface area (Å²) in [7, 11) is -2.02. The predicted molar refractivity (Wildman–Crippen MR) is 85.9 cm³/mol. The van der Waals surface area contributed by atoms with Crippen LogP contribution in [-0.2, 0) is 19.6 Å². The number of rotatable bonds is 6. The molecule has 1 unspecified atom stereocenters. The Bertz CT molecular complexity index is 635. The lowest BCUT2D eigenvalue weighted by atomic mass is 10.1. The number of nitrogens with zero attached hydrogens (tertiary/aromatic N) is 1. The van der Waals surface area contributed by atoms with Gasteiger partial charge < -0.3 is 10.1 Å². The normalized spacial score (nSPS) is 19.3. The maximum Gasteiger partial charge on any atom is 0.244 e. The minimum atomic E-state index is -3.58. The molecule has 1 saturated heterocycles. The lowest BCUT2D eigenvalue weighted by Gasteiger charge is -2.17. The van der Waals surface area contributed by atoms with Crippen LogP contribution < -0.4 is 5.32 Å². The minimum Gasteiger partial charge on any atom is -0.383 e. The van der Waals surface area contributed by atoms with E-state index in [0.29, 0.717) is 30.6 Å². The van der Waals surface area contributed by atoms with Crippen LogP contribution in [0.5, 0.6) is 0 Å². The standard InChI is InChI=1S/C14H19BrN2O4S/c1-21-9-7-16-14(18)11-6-8-17(10-11)22(19,20)13-5-3-2-4-12(13)15/h2-5,11H,6-10H2,1H3,(H,16,18). The number of carbonyl (C=O) groups excluding carboxylic acids is 1. The van der Waals surface area contributed by atoms with E-state index in [-0.39, 0.29) is 23.3 Å². The number of halogens is 1. The van der Waals surface area contributed by atoms with Crippen LogP contribution in [0.3, 0.4) is 0 Å². The summed E-state index contributed by atoms with van der Waals surface area (Å²) in [6.45, 7) is 1.44. The van der Waals surface area contributed by atoms with E-state index in [1.165, 1.54) is 4.31 Å². The van der Waals surface area contributed by atoms with Gasteiger partial charge in [-0.2, -0.15) is 4.31 Å². The van der Waals surface area contributed by atoms with E-state index >= 15 is 0 Å². The molecule has 0 spiro atoms. The molecule has 1 aromatic rings. The number of sulfonamides is 1. The second-order valence-electron chi connectivity index (χ2n) is 5.06. The Morgan fingerprint density at radius 3 is 2.86 bits per heavy atom. The smallest absolute Gasteiger partial charge is 0.244 e. The molecule has 0 saturated carbocycles. The van der Waals surface area contributed by atoms with Crippen LogP contribution in [0.4, 0.5) is 0 Å². The Labute approximate surface area is 139 Å². The summed E-state index contributed by atoms with van der Waals surface area (Å²) in [5, 5.41) is 2.75. The molecule has 1 N–H and O–H groups in total. The molecule has 0 aliphatic carbocycles. The van der Waals surface area contributed by atoms with Crippen LogP contribution in [-0.4, -0.2) is 52.0 Å². The van der Waals surface area contributed by atoms with Crippen LogP contribution in [0, 0.1) is 5.92 Å². The summed E-state index contributed by atoms with van der Waals surface area (Å²) >= 11 is 3.27. The summed E-state index contributed by atoms with van der Waals surface area (Å²) in [5.74, 6) is -0.434. The number of ether oxygens (including phenoxy) is 1. The summed E-state index contributed by atoms with van der Waals surface area (Å²) in [4.78, 5) is 12.2. The maximum absolute atomic E-state index is 12.6. The van der Waals surface area contributed by atoms with Gasteiger partial charge in [-0.25, -0.2) is 8.42 Å². The van der Waals surface area contributed by atoms with Gasteiger partial charge in [-0.05, 0) is 34.5 Å². The van der Waals surface area contributed by atoms with Crippen LogP contribution in [0.15, 0.2) is 33.6 Å². The van der Waals surface area contributed by atoms with Gasteiger partial charge in [0.25, 0.3) is 0 Å². The molecule has 1 atom stereocenters. The zero-order chi connectivity index (χ0) is 16.2. The van der Waals surface area contributed by atoms with E-state index in [1.807, 2.05) is 0 Å². The first-order valence-electron chi connectivity index (χ1n) is 6.98. The van der Waals surface area contributed by atoms with Crippen molar-refractivity contribution in [1.29, 1.82) is 0 Å². The SMILES string of the molecule is COCCNC(=O)C1CCN(S(=O)(=O)c2ccccc2Br)C1. The van der Waals surface area contributed by atoms with Gasteiger partial charge in [-0.15, -0.1) is 0 Å². The maximum atomic E-state index is 12.6. The number of amides is 1. The van der Waals surface area contributed by atoms with Gasteiger partial charge >= 0.3 is 0 Å². The third-order valence-corrected chi connectivity index (χ3v) is 6.46. The van der Waals surface area contributed by atoms with Crippen molar-refractivity contribution in [2.75, 3.05) is 33.4 Å². The van der Waals surface area contributed by atoms with Gasteiger partial charge in [0.05, 0.1) is 17.4 Å². The summed E-state index contributed by atoms with van der Waals surface area (Å²) in [5.41, 5.74) is 0. The van der Waals surface area contributed by atoms with E-state index in [9.17, 15) is 13.2 Å². The highest BCUT2D eigenvalue weighted by Crippen LogP contribution is 2.28. The molecule has 1 heterocycles. The average Bonchev–Trinajstić information content (AvgIpc) is 2.98. The lowest BCUT2D eigenvalue weighted by Crippen LogP contribution is -2.36. The molecule has 2 rings (SSSR count). The fourth-order valence-electron chi connectivity index (χ4n) is 2.37. The number of benzene rings is 1. The number of nitrogens with one attached hydrogen (secondary N) is 1. The molecule has 1 fully saturated rings. The second-order valence-corrected chi connectivity index (χ2v) is 7.82. The first kappa shape index (κ1) is 17.4. The Hall–Kier alpha value is -0.960. The summed E-state index contributed by atoms with van der Waals surface area (Å²) in [6, 6.07) is 6.70. The highest BCUT2D eigenvalue weighted by Gasteiger charge is 2.36. The quantitative estimate of drug-likeness (QED) is 0.740. The molecular formula is C14H19BrN2O4S. The molecule has 1 aromatic carbocycles. The monoisotopic (exact) mass is 390 g/mol. The molecular weight excluding hydrogens is 372 g/mol. The van der Waals surface area contributed by atoms with Gasteiger partial charge in [0.15, 0.2) is 0 Å². The van der Waals surface area contributed by atoms with Crippen molar-refractivity contribution >= 4 is 31.9 Å². The Kier molecular flexibility index (Phi) is 5.96. The molecule has 6 nitrogen and oxygen atoms in total. The number of hydrogen-bond donors (Lipinski definition) is 1. The van der Waals surface area contributed by atoms with Crippen LogP contribution in [0.2, 0.25) is 0 Å². The Balaban J connectivity index is 2.03. The molecule has 1 aliphatic rings. The third-order valence-electron chi connectivity index (χ3n) is 3.58. The predicted octanol–water partition coefficient (Wildman–Crippen LogP) is 1.22. The highest BCUT2D eigenvalue weighted by atomic mass is 79.9. The molecule has 122 valence electrons. The van der Waals surface area contributed by atoms with Gasteiger partial charge in [0.2, 0.25) is 15.9 Å². The molecule has 1 aliphatic heterocycles. The van der Waals surface area contributed by atoms with Crippen LogP contribution >= 0.6 is 15.9 Å². The molecule has 0 aromatic heterocycles. The number of carbonyl (C=O) groups is 1. The van der Waals surface area contributed by atoms with Crippen molar-refractivity contribution < 1.29 is 17.9 Å². The molecule has 0 bridgehead atoms. The number of methoxy groups -OCH3 is 1. The van der Waals surface area contributed by atoms with Crippen molar-refractivity contribution in [2.45, 2.75) is 11.3 Å². The van der Waals surface area contributed by atoms with Gasteiger partial charge in [0.1, 0.15) is 0 Å². The Morgan fingerprint density at radius 2 is 2.18 bits per heavy atom. The first-order chi connectivity index (χ1) is 10.5. The zero-order valence-corrected chi connectivity index (χ0v) is 14.7. The van der Waals surface area contributed by atoms with Crippen molar-refractivity contribution in [3.63, 3.8) is 0 Å². The fourth-order valence-corrected chi connectivity index (χ4v) is 4.84. The summed E-state index contributed by atoms with van der Waals surface area (Å²) < 4.78 is 32.0. The van der Waals surface area contributed by atoms with Crippen molar-refractivity contribution in [1.82, 2.24) is 9.62 Å². The largest absolute Gasteiger partial charge is 0.383 e. The van der Waals surface area contributed by atoms with Gasteiger partial charge in [-0.3, -0.25) is 4.79 Å². The van der Waals surface area contributed by atoms with Crippen LogP contribution in [0.1, 0.15) is 6.42 Å². The lowest BCUT2D eigenvalue weighted by molar-refractivity contribution is -0.124. The second kappa shape index (κ2) is 7.54. The third kappa shape index (κ3) is 3.87. The number of hydrogen-bond acceptors (Lipinski definition) is 4. The van der Waals surface area contributed by atoms with E-state index in [4.69, 9.17) is 4.74 Å². The minimum absolute atomic E-state index is 0.123. The summed E-state index contributed by atoms with van der Waals surface area (Å²) in [6.07, 6.45) is 0.530. The molecule has 22 heavy (non-hydrogen) atoms. The van der Waals surface area contributed by atoms with E-state index in [1.54, 1.807) is 31.4 Å². The van der Waals surface area contributed by atoms with Gasteiger partial charge in [0, 0.05) is 31.2 Å². The van der Waals surface area contributed by atoms with Crippen molar-refractivity contribution in [3.05, 3.63) is 28.7 Å². The Morgan fingerprint density at radius 1 is 1.45 bits per heavy atom. The van der Waals surface area contributed by atoms with Gasteiger partial charge in [-0.1, -0.05) is 12.1 Å². The van der Waals surface area contributed by atoms with E-state index in [2.05, 4.69) is 21.2 Å². The average molecular weight is 391 g/mol.